The van der Waals surface area contributed by atoms with Crippen LogP contribution in [0.5, 0.6) is 0 Å². The van der Waals surface area contributed by atoms with Gasteiger partial charge in [-0.3, -0.25) is 4.98 Å². The normalized spacial score (nSPS) is 11.1. The molecule has 2 amide bonds. The van der Waals surface area contributed by atoms with E-state index in [2.05, 4.69) is 15.3 Å². The summed E-state index contributed by atoms with van der Waals surface area (Å²) in [6.07, 6.45) is 3.41. The van der Waals surface area contributed by atoms with Crippen LogP contribution >= 0.6 is 0 Å². The van der Waals surface area contributed by atoms with Crippen LogP contribution < -0.4 is 11.1 Å². The molecule has 1 heterocycles. The molecule has 0 bridgehead atoms. The summed E-state index contributed by atoms with van der Waals surface area (Å²) in [4.78, 5) is 20.8. The van der Waals surface area contributed by atoms with Gasteiger partial charge in [-0.15, -0.1) is 0 Å². The molecule has 98 valence electrons. The molecule has 1 rings (SSSR count). The van der Waals surface area contributed by atoms with E-state index in [0.717, 1.165) is 18.5 Å². The van der Waals surface area contributed by atoms with E-state index in [4.69, 9.17) is 5.73 Å². The standard InChI is InChI=1S/C12H19N5O/c1-17(2)11(13)16-12(18)15-9-5-7-10-6-3-4-8-14-10/h3-4,6,8H,5,7,9H2,1-2H3,(H3,13,15,16,18). The van der Waals surface area contributed by atoms with Crippen molar-refractivity contribution in [1.29, 1.82) is 0 Å². The van der Waals surface area contributed by atoms with Gasteiger partial charge >= 0.3 is 6.03 Å². The molecule has 6 heteroatoms. The number of nitrogens with zero attached hydrogens (tertiary/aromatic N) is 3. The summed E-state index contributed by atoms with van der Waals surface area (Å²) in [7, 11) is 3.46. The molecular formula is C12H19N5O. The number of aromatic nitrogens is 1. The van der Waals surface area contributed by atoms with Gasteiger partial charge in [-0.1, -0.05) is 6.07 Å². The first-order valence-electron chi connectivity index (χ1n) is 5.79. The Kier molecular flexibility index (Phi) is 5.63. The summed E-state index contributed by atoms with van der Waals surface area (Å²) in [5, 5.41) is 2.68. The van der Waals surface area contributed by atoms with Crippen molar-refractivity contribution in [3.63, 3.8) is 0 Å². The number of urea groups is 1. The lowest BCUT2D eigenvalue weighted by atomic mass is 10.2. The molecule has 0 atom stereocenters. The Labute approximate surface area is 107 Å². The number of amides is 2. The molecule has 6 nitrogen and oxygen atoms in total. The van der Waals surface area contributed by atoms with Crippen LogP contribution in [0.1, 0.15) is 12.1 Å². The Hall–Kier alpha value is -2.11. The van der Waals surface area contributed by atoms with E-state index in [1.165, 1.54) is 0 Å². The SMILES string of the molecule is CN(C)C(N)=NC(=O)NCCCc1ccccn1. The third kappa shape index (κ3) is 5.29. The van der Waals surface area contributed by atoms with E-state index in [1.807, 2.05) is 18.2 Å². The van der Waals surface area contributed by atoms with E-state index in [9.17, 15) is 4.79 Å². The van der Waals surface area contributed by atoms with Crippen LogP contribution in [0, 0.1) is 0 Å². The number of nitrogens with two attached hydrogens (primary N) is 1. The molecule has 0 aliphatic carbocycles. The van der Waals surface area contributed by atoms with Crippen LogP contribution in [0.2, 0.25) is 0 Å². The van der Waals surface area contributed by atoms with Crippen molar-refractivity contribution in [2.75, 3.05) is 20.6 Å². The van der Waals surface area contributed by atoms with E-state index in [-0.39, 0.29) is 5.96 Å². The summed E-state index contributed by atoms with van der Waals surface area (Å²) in [5.41, 5.74) is 6.53. The number of carbonyl (C=O) groups is 1. The largest absolute Gasteiger partial charge is 0.369 e. The van der Waals surface area contributed by atoms with Gasteiger partial charge in [0.2, 0.25) is 0 Å². The van der Waals surface area contributed by atoms with Gasteiger partial charge in [0.25, 0.3) is 0 Å². The molecule has 0 radical (unpaired) electrons. The predicted octanol–water partition coefficient (Wildman–Crippen LogP) is 0.600. The quantitative estimate of drug-likeness (QED) is 0.465. The number of hydrogen-bond acceptors (Lipinski definition) is 2. The number of hydrogen-bond donors (Lipinski definition) is 2. The minimum Gasteiger partial charge on any atom is -0.369 e. The highest BCUT2D eigenvalue weighted by molar-refractivity contribution is 5.91. The van der Waals surface area contributed by atoms with Crippen LogP contribution in [0.25, 0.3) is 0 Å². The van der Waals surface area contributed by atoms with Crippen LogP contribution in [-0.4, -0.2) is 42.5 Å². The smallest absolute Gasteiger partial charge is 0.344 e. The van der Waals surface area contributed by atoms with Crippen LogP contribution in [0.4, 0.5) is 4.79 Å². The summed E-state index contributed by atoms with van der Waals surface area (Å²) >= 11 is 0. The van der Waals surface area contributed by atoms with Crippen molar-refractivity contribution in [1.82, 2.24) is 15.2 Å². The fourth-order valence-electron chi connectivity index (χ4n) is 1.25. The average molecular weight is 249 g/mol. The molecule has 0 spiro atoms. The summed E-state index contributed by atoms with van der Waals surface area (Å²) in [6, 6.07) is 5.37. The van der Waals surface area contributed by atoms with Gasteiger partial charge in [0.15, 0.2) is 5.96 Å². The molecular weight excluding hydrogens is 230 g/mol. The fraction of sp³-hybridized carbons (Fsp3) is 0.417. The molecule has 0 aliphatic heterocycles. The van der Waals surface area contributed by atoms with Crippen molar-refractivity contribution in [2.24, 2.45) is 10.7 Å². The van der Waals surface area contributed by atoms with Gasteiger partial charge in [0.05, 0.1) is 0 Å². The highest BCUT2D eigenvalue weighted by Crippen LogP contribution is 1.97. The molecule has 1 aromatic rings. The highest BCUT2D eigenvalue weighted by Gasteiger charge is 2.01. The number of nitrogens with one attached hydrogen (secondary N) is 1. The molecule has 1 aromatic heterocycles. The topological polar surface area (TPSA) is 83.6 Å². The number of pyridine rings is 1. The Morgan fingerprint density at radius 2 is 2.28 bits per heavy atom. The maximum absolute atomic E-state index is 11.3. The summed E-state index contributed by atoms with van der Waals surface area (Å²) in [6.45, 7) is 0.555. The first kappa shape index (κ1) is 14.0. The summed E-state index contributed by atoms with van der Waals surface area (Å²) < 4.78 is 0. The van der Waals surface area contributed by atoms with Gasteiger partial charge in [0.1, 0.15) is 0 Å². The van der Waals surface area contributed by atoms with E-state index in [1.54, 1.807) is 25.2 Å². The van der Waals surface area contributed by atoms with Crippen molar-refractivity contribution in [3.8, 4) is 0 Å². The average Bonchev–Trinajstić information content (AvgIpc) is 2.35. The second-order valence-electron chi connectivity index (χ2n) is 4.02. The Balaban J connectivity index is 2.22. The maximum atomic E-state index is 11.3. The van der Waals surface area contributed by atoms with Crippen LogP contribution in [-0.2, 0) is 6.42 Å². The molecule has 0 saturated heterocycles. The van der Waals surface area contributed by atoms with Gasteiger partial charge in [-0.25, -0.2) is 4.79 Å². The third-order valence-corrected chi connectivity index (χ3v) is 2.29. The highest BCUT2D eigenvalue weighted by atomic mass is 16.2. The number of carbonyl (C=O) groups excluding carboxylic acids is 1. The van der Waals surface area contributed by atoms with E-state index in [0.29, 0.717) is 6.54 Å². The first-order chi connectivity index (χ1) is 8.59. The Bertz CT molecular complexity index is 402. The minimum atomic E-state index is -0.415. The zero-order chi connectivity index (χ0) is 13.4. The lowest BCUT2D eigenvalue weighted by Gasteiger charge is -2.09. The van der Waals surface area contributed by atoms with Gasteiger partial charge < -0.3 is 16.0 Å². The molecule has 3 N–H and O–H groups in total. The van der Waals surface area contributed by atoms with E-state index < -0.39 is 6.03 Å². The van der Waals surface area contributed by atoms with Gasteiger partial charge in [-0.2, -0.15) is 4.99 Å². The van der Waals surface area contributed by atoms with Crippen LogP contribution in [0.15, 0.2) is 29.4 Å². The van der Waals surface area contributed by atoms with Crippen LogP contribution in [0.3, 0.4) is 0 Å². The lowest BCUT2D eigenvalue weighted by Crippen LogP contribution is -2.33. The van der Waals surface area contributed by atoms with Crippen molar-refractivity contribution >= 4 is 12.0 Å². The molecule has 0 aliphatic rings. The van der Waals surface area contributed by atoms with Gasteiger partial charge in [0, 0.05) is 32.5 Å². The lowest BCUT2D eigenvalue weighted by molar-refractivity contribution is 0.249. The van der Waals surface area contributed by atoms with Gasteiger partial charge in [-0.05, 0) is 25.0 Å². The molecule has 0 aromatic carbocycles. The second-order valence-corrected chi connectivity index (χ2v) is 4.02. The molecule has 0 saturated carbocycles. The zero-order valence-electron chi connectivity index (χ0n) is 10.8. The summed E-state index contributed by atoms with van der Waals surface area (Å²) in [5.74, 6) is 0.192. The van der Waals surface area contributed by atoms with Crippen molar-refractivity contribution in [3.05, 3.63) is 30.1 Å². The second kappa shape index (κ2) is 7.26. The molecule has 18 heavy (non-hydrogen) atoms. The Morgan fingerprint density at radius 1 is 1.50 bits per heavy atom. The number of rotatable bonds is 4. The zero-order valence-corrected chi connectivity index (χ0v) is 10.8. The van der Waals surface area contributed by atoms with E-state index >= 15 is 0 Å². The maximum Gasteiger partial charge on any atom is 0.344 e. The minimum absolute atomic E-state index is 0.192. The molecule has 0 unspecified atom stereocenters. The number of aliphatic imine (C=N–C) groups is 1. The van der Waals surface area contributed by atoms with Crippen molar-refractivity contribution in [2.45, 2.75) is 12.8 Å². The molecule has 0 fully saturated rings. The number of guanidine groups is 1. The predicted molar refractivity (Wildman–Crippen MR) is 71.3 cm³/mol. The third-order valence-electron chi connectivity index (χ3n) is 2.29. The number of aryl methyl sites for hydroxylation is 1. The fourth-order valence-corrected chi connectivity index (χ4v) is 1.25. The monoisotopic (exact) mass is 249 g/mol. The first-order valence-corrected chi connectivity index (χ1v) is 5.79. The van der Waals surface area contributed by atoms with Crippen molar-refractivity contribution < 1.29 is 4.79 Å². The Morgan fingerprint density at radius 3 is 2.89 bits per heavy atom.